The molecule has 1 saturated heterocycles. The highest BCUT2D eigenvalue weighted by atomic mass is 35.5. The molecule has 1 fully saturated rings. The Balaban J connectivity index is 2.00. The smallest absolute Gasteiger partial charge is 0.132 e. The van der Waals surface area contributed by atoms with E-state index in [1.807, 2.05) is 12.3 Å². The Morgan fingerprint density at radius 3 is 2.88 bits per heavy atom. The Hall–Kier alpha value is -0.800. The van der Waals surface area contributed by atoms with E-state index in [0.29, 0.717) is 11.8 Å². The van der Waals surface area contributed by atoms with Crippen molar-refractivity contribution < 1.29 is 4.74 Å². The SMILES string of the molecule is COCC1CCN(c2ncccc2CCl)CC1. The molecule has 0 unspecified atom stereocenters. The molecule has 1 aliphatic heterocycles. The van der Waals surface area contributed by atoms with Crippen molar-refractivity contribution in [3.05, 3.63) is 23.9 Å². The van der Waals surface area contributed by atoms with Crippen molar-refractivity contribution in [1.29, 1.82) is 0 Å². The van der Waals surface area contributed by atoms with Crippen LogP contribution in [0.15, 0.2) is 18.3 Å². The van der Waals surface area contributed by atoms with Gasteiger partial charge in [-0.15, -0.1) is 11.6 Å². The lowest BCUT2D eigenvalue weighted by Gasteiger charge is -2.33. The average molecular weight is 255 g/mol. The van der Waals surface area contributed by atoms with Crippen molar-refractivity contribution in [3.8, 4) is 0 Å². The number of methoxy groups -OCH3 is 1. The van der Waals surface area contributed by atoms with Gasteiger partial charge in [0.1, 0.15) is 5.82 Å². The van der Waals surface area contributed by atoms with E-state index in [1.54, 1.807) is 7.11 Å². The molecule has 0 radical (unpaired) electrons. The summed E-state index contributed by atoms with van der Waals surface area (Å²) in [5, 5.41) is 0. The van der Waals surface area contributed by atoms with Crippen molar-refractivity contribution >= 4 is 17.4 Å². The van der Waals surface area contributed by atoms with Gasteiger partial charge in [-0.1, -0.05) is 6.07 Å². The second-order valence-electron chi connectivity index (χ2n) is 4.51. The first kappa shape index (κ1) is 12.7. The molecule has 0 N–H and O–H groups in total. The van der Waals surface area contributed by atoms with E-state index in [0.717, 1.165) is 31.1 Å². The highest BCUT2D eigenvalue weighted by Gasteiger charge is 2.21. The third-order valence-corrected chi connectivity index (χ3v) is 3.62. The monoisotopic (exact) mass is 254 g/mol. The number of hydrogen-bond donors (Lipinski definition) is 0. The summed E-state index contributed by atoms with van der Waals surface area (Å²) in [5.41, 5.74) is 1.12. The van der Waals surface area contributed by atoms with Crippen LogP contribution in [0, 0.1) is 5.92 Å². The first-order valence-corrected chi connectivity index (χ1v) is 6.62. The van der Waals surface area contributed by atoms with Crippen molar-refractivity contribution in [2.24, 2.45) is 5.92 Å². The third-order valence-electron chi connectivity index (χ3n) is 3.33. The van der Waals surface area contributed by atoms with Gasteiger partial charge in [-0.25, -0.2) is 4.98 Å². The molecule has 1 aliphatic rings. The summed E-state index contributed by atoms with van der Waals surface area (Å²) in [6.07, 6.45) is 4.19. The molecule has 2 rings (SSSR count). The highest BCUT2D eigenvalue weighted by Crippen LogP contribution is 2.25. The van der Waals surface area contributed by atoms with Gasteiger partial charge in [0.25, 0.3) is 0 Å². The quantitative estimate of drug-likeness (QED) is 0.773. The number of ether oxygens (including phenoxy) is 1. The van der Waals surface area contributed by atoms with Gasteiger partial charge in [-0.3, -0.25) is 0 Å². The number of nitrogens with zero attached hydrogens (tertiary/aromatic N) is 2. The molecule has 1 aromatic rings. The van der Waals surface area contributed by atoms with Crippen LogP contribution in [0.5, 0.6) is 0 Å². The van der Waals surface area contributed by atoms with Gasteiger partial charge in [0, 0.05) is 38.6 Å². The van der Waals surface area contributed by atoms with Crippen LogP contribution in [-0.2, 0) is 10.6 Å². The Kier molecular flexibility index (Phi) is 4.63. The number of piperidine rings is 1. The van der Waals surface area contributed by atoms with E-state index in [9.17, 15) is 0 Å². The Bertz CT molecular complexity index is 351. The lowest BCUT2D eigenvalue weighted by molar-refractivity contribution is 0.139. The van der Waals surface area contributed by atoms with Gasteiger partial charge < -0.3 is 9.64 Å². The summed E-state index contributed by atoms with van der Waals surface area (Å²) in [6.45, 7) is 2.97. The van der Waals surface area contributed by atoms with Crippen molar-refractivity contribution in [1.82, 2.24) is 4.98 Å². The summed E-state index contributed by atoms with van der Waals surface area (Å²) >= 11 is 5.94. The molecule has 0 amide bonds. The van der Waals surface area contributed by atoms with Gasteiger partial charge in [0.15, 0.2) is 0 Å². The first-order valence-electron chi connectivity index (χ1n) is 6.09. The van der Waals surface area contributed by atoms with Gasteiger partial charge in [-0.2, -0.15) is 0 Å². The fourth-order valence-electron chi connectivity index (χ4n) is 2.37. The van der Waals surface area contributed by atoms with Crippen LogP contribution in [0.25, 0.3) is 0 Å². The summed E-state index contributed by atoms with van der Waals surface area (Å²) < 4.78 is 5.21. The standard InChI is InChI=1S/C13H19ClN2O/c1-17-10-11-4-7-16(8-5-11)13-12(9-14)3-2-6-15-13/h2-3,6,11H,4-5,7-10H2,1H3. The van der Waals surface area contributed by atoms with Gasteiger partial charge in [-0.05, 0) is 24.8 Å². The van der Waals surface area contributed by atoms with Crippen molar-refractivity contribution in [3.63, 3.8) is 0 Å². The highest BCUT2D eigenvalue weighted by molar-refractivity contribution is 6.17. The fourth-order valence-corrected chi connectivity index (χ4v) is 2.58. The molecular weight excluding hydrogens is 236 g/mol. The molecule has 3 nitrogen and oxygen atoms in total. The van der Waals surface area contributed by atoms with Crippen LogP contribution in [0.3, 0.4) is 0 Å². The van der Waals surface area contributed by atoms with Gasteiger partial charge in [0.2, 0.25) is 0 Å². The minimum absolute atomic E-state index is 0.529. The average Bonchev–Trinajstić information content (AvgIpc) is 2.40. The zero-order valence-corrected chi connectivity index (χ0v) is 11.0. The topological polar surface area (TPSA) is 25.4 Å². The summed E-state index contributed by atoms with van der Waals surface area (Å²) in [4.78, 5) is 6.79. The molecule has 4 heteroatoms. The van der Waals surface area contributed by atoms with Crippen LogP contribution in [0.4, 0.5) is 5.82 Å². The molecular formula is C13H19ClN2O. The number of hydrogen-bond acceptors (Lipinski definition) is 3. The predicted octanol–water partition coefficient (Wildman–Crippen LogP) is 2.68. The minimum atomic E-state index is 0.529. The van der Waals surface area contributed by atoms with Crippen LogP contribution in [0.1, 0.15) is 18.4 Å². The van der Waals surface area contributed by atoms with Crippen LogP contribution in [0.2, 0.25) is 0 Å². The van der Waals surface area contributed by atoms with Gasteiger partial charge >= 0.3 is 0 Å². The number of rotatable bonds is 4. The maximum atomic E-state index is 5.94. The molecule has 1 aromatic heterocycles. The van der Waals surface area contributed by atoms with Crippen LogP contribution >= 0.6 is 11.6 Å². The Labute approximate surface area is 108 Å². The lowest BCUT2D eigenvalue weighted by atomic mass is 9.97. The molecule has 0 aromatic carbocycles. The zero-order chi connectivity index (χ0) is 12.1. The molecule has 0 bridgehead atoms. The van der Waals surface area contributed by atoms with E-state index >= 15 is 0 Å². The normalized spacial score (nSPS) is 17.4. The summed E-state index contributed by atoms with van der Waals surface area (Å²) in [7, 11) is 1.77. The maximum absolute atomic E-state index is 5.94. The lowest BCUT2D eigenvalue weighted by Crippen LogP contribution is -2.36. The zero-order valence-electron chi connectivity index (χ0n) is 10.2. The number of anilines is 1. The first-order chi connectivity index (χ1) is 8.35. The molecule has 2 heterocycles. The maximum Gasteiger partial charge on any atom is 0.132 e. The number of aromatic nitrogens is 1. The number of halogens is 1. The third kappa shape index (κ3) is 3.11. The summed E-state index contributed by atoms with van der Waals surface area (Å²) in [5.74, 6) is 2.28. The molecule has 17 heavy (non-hydrogen) atoms. The minimum Gasteiger partial charge on any atom is -0.384 e. The molecule has 0 aliphatic carbocycles. The van der Waals surface area contributed by atoms with E-state index in [2.05, 4.69) is 16.0 Å². The number of pyridine rings is 1. The second kappa shape index (κ2) is 6.22. The molecule has 0 spiro atoms. The van der Waals surface area contributed by atoms with Crippen molar-refractivity contribution in [2.75, 3.05) is 31.7 Å². The molecule has 0 saturated carbocycles. The Morgan fingerprint density at radius 1 is 1.47 bits per heavy atom. The molecule has 0 atom stereocenters. The van der Waals surface area contributed by atoms with E-state index in [4.69, 9.17) is 16.3 Å². The largest absolute Gasteiger partial charge is 0.384 e. The number of alkyl halides is 1. The summed E-state index contributed by atoms with van der Waals surface area (Å²) in [6, 6.07) is 4.00. The fraction of sp³-hybridized carbons (Fsp3) is 0.615. The Morgan fingerprint density at radius 2 is 2.24 bits per heavy atom. The van der Waals surface area contributed by atoms with Gasteiger partial charge in [0.05, 0.1) is 5.88 Å². The second-order valence-corrected chi connectivity index (χ2v) is 4.77. The van der Waals surface area contributed by atoms with Crippen molar-refractivity contribution in [2.45, 2.75) is 18.7 Å². The predicted molar refractivity (Wildman–Crippen MR) is 70.6 cm³/mol. The van der Waals surface area contributed by atoms with Crippen LogP contribution < -0.4 is 4.90 Å². The van der Waals surface area contributed by atoms with E-state index in [1.165, 1.54) is 12.8 Å². The van der Waals surface area contributed by atoms with E-state index < -0.39 is 0 Å². The molecule has 94 valence electrons. The van der Waals surface area contributed by atoms with Crippen LogP contribution in [-0.4, -0.2) is 31.8 Å². The van der Waals surface area contributed by atoms with E-state index in [-0.39, 0.29) is 0 Å².